The van der Waals surface area contributed by atoms with E-state index in [9.17, 15) is 4.79 Å². The molecule has 2 saturated heterocycles. The van der Waals surface area contributed by atoms with Gasteiger partial charge in [0, 0.05) is 25.7 Å². The van der Waals surface area contributed by atoms with Gasteiger partial charge in [0.1, 0.15) is 0 Å². The van der Waals surface area contributed by atoms with Crippen LogP contribution in [0.4, 0.5) is 0 Å². The minimum atomic E-state index is 0.156. The molecule has 2 aliphatic rings. The summed E-state index contributed by atoms with van der Waals surface area (Å²) in [6.07, 6.45) is 6.00. The average Bonchev–Trinajstić information content (AvgIpc) is 2.26. The molecule has 0 bridgehead atoms. The second-order valence-corrected chi connectivity index (χ2v) is 5.08. The van der Waals surface area contributed by atoms with Gasteiger partial charge in [-0.2, -0.15) is 0 Å². The van der Waals surface area contributed by atoms with Crippen molar-refractivity contribution in [2.75, 3.05) is 32.8 Å². The molecule has 0 aliphatic carbocycles. The summed E-state index contributed by atoms with van der Waals surface area (Å²) in [5, 5.41) is 3.30. The molecule has 2 aliphatic heterocycles. The van der Waals surface area contributed by atoms with E-state index in [0.29, 0.717) is 12.0 Å². The van der Waals surface area contributed by atoms with Crippen LogP contribution in [0.25, 0.3) is 0 Å². The summed E-state index contributed by atoms with van der Waals surface area (Å²) >= 11 is 0. The first-order chi connectivity index (χ1) is 8.25. The van der Waals surface area contributed by atoms with Crippen molar-refractivity contribution in [3.8, 4) is 0 Å². The molecular weight excluding hydrogens is 216 g/mol. The summed E-state index contributed by atoms with van der Waals surface area (Å²) in [6.45, 7) is 6.38. The van der Waals surface area contributed by atoms with Crippen molar-refractivity contribution >= 4 is 5.91 Å². The predicted octanol–water partition coefficient (Wildman–Crippen LogP) is 0.790. The monoisotopic (exact) mass is 238 g/mol. The zero-order chi connectivity index (χ0) is 12.1. The van der Waals surface area contributed by atoms with Gasteiger partial charge in [-0.25, -0.2) is 0 Å². The van der Waals surface area contributed by atoms with Crippen LogP contribution < -0.4 is 5.32 Å². The van der Waals surface area contributed by atoms with E-state index in [1.54, 1.807) is 6.08 Å². The summed E-state index contributed by atoms with van der Waals surface area (Å²) in [7, 11) is 0. The van der Waals surface area contributed by atoms with E-state index in [0.717, 1.165) is 39.3 Å². The van der Waals surface area contributed by atoms with Crippen molar-refractivity contribution in [2.45, 2.75) is 25.8 Å². The first-order valence-corrected chi connectivity index (χ1v) is 6.52. The van der Waals surface area contributed by atoms with E-state index in [-0.39, 0.29) is 5.91 Å². The number of carbonyl (C=O) groups is 1. The van der Waals surface area contributed by atoms with E-state index in [2.05, 4.69) is 12.2 Å². The van der Waals surface area contributed by atoms with Gasteiger partial charge in [-0.15, -0.1) is 0 Å². The maximum absolute atomic E-state index is 11.9. The normalized spacial score (nSPS) is 26.2. The van der Waals surface area contributed by atoms with Crippen LogP contribution in [0.3, 0.4) is 0 Å². The Labute approximate surface area is 103 Å². The molecule has 4 heteroatoms. The lowest BCUT2D eigenvalue weighted by Gasteiger charge is -2.30. The molecule has 17 heavy (non-hydrogen) atoms. The van der Waals surface area contributed by atoms with Crippen molar-refractivity contribution in [1.82, 2.24) is 10.2 Å². The van der Waals surface area contributed by atoms with Crippen LogP contribution in [-0.2, 0) is 9.53 Å². The molecule has 0 unspecified atom stereocenters. The summed E-state index contributed by atoms with van der Waals surface area (Å²) in [5.74, 6) is 0.801. The maximum atomic E-state index is 11.9. The second kappa shape index (κ2) is 6.17. The highest BCUT2D eigenvalue weighted by Gasteiger charge is 2.19. The largest absolute Gasteiger partial charge is 0.378 e. The van der Waals surface area contributed by atoms with Crippen molar-refractivity contribution in [1.29, 1.82) is 0 Å². The third-order valence-corrected chi connectivity index (χ3v) is 3.39. The Morgan fingerprint density at radius 2 is 2.35 bits per heavy atom. The van der Waals surface area contributed by atoms with Gasteiger partial charge < -0.3 is 15.0 Å². The summed E-state index contributed by atoms with van der Waals surface area (Å²) < 4.78 is 5.06. The van der Waals surface area contributed by atoms with Gasteiger partial charge in [-0.1, -0.05) is 13.0 Å². The Bertz CT molecular complexity index is 287. The molecule has 96 valence electrons. The molecule has 0 aromatic heterocycles. The minimum Gasteiger partial charge on any atom is -0.378 e. The molecule has 4 nitrogen and oxygen atoms in total. The number of likely N-dealkylation sites (tertiary alicyclic amines) is 1. The molecule has 0 aromatic carbocycles. The predicted molar refractivity (Wildman–Crippen MR) is 66.7 cm³/mol. The van der Waals surface area contributed by atoms with Crippen LogP contribution in [0.5, 0.6) is 0 Å². The molecule has 0 spiro atoms. The molecule has 0 radical (unpaired) electrons. The van der Waals surface area contributed by atoms with Crippen LogP contribution in [0.2, 0.25) is 0 Å². The number of nitrogens with zero attached hydrogens (tertiary/aromatic N) is 1. The number of piperidine rings is 1. The quantitative estimate of drug-likeness (QED) is 0.736. The topological polar surface area (TPSA) is 41.6 Å². The fourth-order valence-electron chi connectivity index (χ4n) is 2.24. The van der Waals surface area contributed by atoms with Gasteiger partial charge in [-0.3, -0.25) is 4.79 Å². The van der Waals surface area contributed by atoms with E-state index in [4.69, 9.17) is 4.74 Å². The summed E-state index contributed by atoms with van der Waals surface area (Å²) in [6, 6.07) is 0.477. The van der Waals surface area contributed by atoms with Gasteiger partial charge in [0.2, 0.25) is 5.91 Å². The molecule has 2 fully saturated rings. The standard InChI is InChI=1S/C13H22N2O2/c1-11-4-3-7-15(8-11)13(16)5-2-6-14-12-9-17-10-12/h2,5,11-12,14H,3-4,6-10H2,1H3/b5-2+/t11-/m1/s1. The van der Waals surface area contributed by atoms with Gasteiger partial charge >= 0.3 is 0 Å². The molecule has 0 aromatic rings. The zero-order valence-corrected chi connectivity index (χ0v) is 10.5. The summed E-state index contributed by atoms with van der Waals surface area (Å²) in [4.78, 5) is 13.8. The maximum Gasteiger partial charge on any atom is 0.246 e. The molecule has 1 N–H and O–H groups in total. The molecule has 1 atom stereocenters. The Morgan fingerprint density at radius 3 is 3.00 bits per heavy atom. The van der Waals surface area contributed by atoms with Crippen molar-refractivity contribution in [3.05, 3.63) is 12.2 Å². The highest BCUT2D eigenvalue weighted by Crippen LogP contribution is 2.15. The zero-order valence-electron chi connectivity index (χ0n) is 10.5. The van der Waals surface area contributed by atoms with Crippen molar-refractivity contribution in [3.63, 3.8) is 0 Å². The molecule has 2 rings (SSSR count). The number of carbonyl (C=O) groups excluding carboxylic acids is 1. The van der Waals surface area contributed by atoms with E-state index >= 15 is 0 Å². The Morgan fingerprint density at radius 1 is 1.53 bits per heavy atom. The van der Waals surface area contributed by atoms with Crippen molar-refractivity contribution < 1.29 is 9.53 Å². The third kappa shape index (κ3) is 3.82. The fraction of sp³-hybridized carbons (Fsp3) is 0.769. The first-order valence-electron chi connectivity index (χ1n) is 6.52. The smallest absolute Gasteiger partial charge is 0.246 e. The SMILES string of the molecule is C[C@@H]1CCCN(C(=O)/C=C/CNC2COC2)C1. The second-order valence-electron chi connectivity index (χ2n) is 5.08. The van der Waals surface area contributed by atoms with Gasteiger partial charge in [0.25, 0.3) is 0 Å². The highest BCUT2D eigenvalue weighted by atomic mass is 16.5. The molecule has 1 amide bonds. The van der Waals surface area contributed by atoms with Crippen molar-refractivity contribution in [2.24, 2.45) is 5.92 Å². The van der Waals surface area contributed by atoms with E-state index < -0.39 is 0 Å². The van der Waals surface area contributed by atoms with E-state index in [1.807, 2.05) is 11.0 Å². The van der Waals surface area contributed by atoms with Crippen LogP contribution in [0.15, 0.2) is 12.2 Å². The number of hydrogen-bond acceptors (Lipinski definition) is 3. The minimum absolute atomic E-state index is 0.156. The lowest BCUT2D eigenvalue weighted by Crippen LogP contribution is -2.45. The van der Waals surface area contributed by atoms with Crippen LogP contribution in [-0.4, -0.2) is 49.7 Å². The lowest BCUT2D eigenvalue weighted by atomic mass is 10.0. The summed E-state index contributed by atoms with van der Waals surface area (Å²) in [5.41, 5.74) is 0. The van der Waals surface area contributed by atoms with Crippen LogP contribution in [0.1, 0.15) is 19.8 Å². The number of hydrogen-bond donors (Lipinski definition) is 1. The third-order valence-electron chi connectivity index (χ3n) is 3.39. The Hall–Kier alpha value is -0.870. The highest BCUT2D eigenvalue weighted by molar-refractivity contribution is 5.87. The molecule has 2 heterocycles. The average molecular weight is 238 g/mol. The Kier molecular flexibility index (Phi) is 4.57. The molecule has 0 saturated carbocycles. The van der Waals surface area contributed by atoms with E-state index in [1.165, 1.54) is 6.42 Å². The lowest BCUT2D eigenvalue weighted by molar-refractivity contribution is -0.127. The number of nitrogens with one attached hydrogen (secondary N) is 1. The van der Waals surface area contributed by atoms with Crippen LogP contribution >= 0.6 is 0 Å². The van der Waals surface area contributed by atoms with Crippen LogP contribution in [0, 0.1) is 5.92 Å². The number of ether oxygens (including phenoxy) is 1. The number of rotatable bonds is 4. The Balaban J connectivity index is 1.66. The van der Waals surface area contributed by atoms with Gasteiger partial charge in [0.05, 0.1) is 19.3 Å². The van der Waals surface area contributed by atoms with Gasteiger partial charge in [-0.05, 0) is 18.8 Å². The molecular formula is C13H22N2O2. The first kappa shape index (κ1) is 12.6. The number of amides is 1. The van der Waals surface area contributed by atoms with Gasteiger partial charge in [0.15, 0.2) is 0 Å². The fourth-order valence-corrected chi connectivity index (χ4v) is 2.24.